The average molecular weight is 397 g/mol. The number of benzene rings is 1. The van der Waals surface area contributed by atoms with Gasteiger partial charge in [0, 0.05) is 30.4 Å². The summed E-state index contributed by atoms with van der Waals surface area (Å²) < 4.78 is 4.07. The Bertz CT molecular complexity index is 1050. The first-order valence-electron chi connectivity index (χ1n) is 10.3. The minimum Gasteiger partial charge on any atom is -0.370 e. The molecule has 7 heteroatoms. The second-order valence-electron chi connectivity index (χ2n) is 8.99. The molecular formula is C21H25ClN6. The largest absolute Gasteiger partial charge is 0.370 e. The van der Waals surface area contributed by atoms with Crippen LogP contribution < -0.4 is 4.90 Å². The van der Waals surface area contributed by atoms with Crippen molar-refractivity contribution in [2.24, 2.45) is 5.41 Å². The van der Waals surface area contributed by atoms with Crippen LogP contribution in [0.3, 0.4) is 0 Å². The van der Waals surface area contributed by atoms with Crippen molar-refractivity contribution < 1.29 is 0 Å². The molecule has 1 saturated carbocycles. The zero-order valence-corrected chi connectivity index (χ0v) is 16.9. The highest BCUT2D eigenvalue weighted by atomic mass is 35.5. The molecule has 0 radical (unpaired) electrons. The molecule has 0 amide bonds. The minimum atomic E-state index is 0.429. The number of hydrogen-bond donors (Lipinski definition) is 0. The number of likely N-dealkylation sites (tertiary alicyclic amines) is 1. The zero-order chi connectivity index (χ0) is 18.9. The van der Waals surface area contributed by atoms with Crippen LogP contribution in [0.2, 0.25) is 5.02 Å². The summed E-state index contributed by atoms with van der Waals surface area (Å²) in [5.74, 6) is 0. The number of hydrogen-bond acceptors (Lipinski definition) is 4. The SMILES string of the molecule is CN1CCC2(CCN(c3cc4c(cnn4-c4cnn(C5CC5)c4)cc3Cl)C2)C1. The molecule has 1 atom stereocenters. The van der Waals surface area contributed by atoms with Crippen LogP contribution in [-0.4, -0.2) is 57.7 Å². The average Bonchev–Trinajstić information content (AvgIpc) is 3.03. The van der Waals surface area contributed by atoms with E-state index in [-0.39, 0.29) is 0 Å². The van der Waals surface area contributed by atoms with Gasteiger partial charge < -0.3 is 9.80 Å². The van der Waals surface area contributed by atoms with Crippen LogP contribution in [0.15, 0.2) is 30.7 Å². The van der Waals surface area contributed by atoms with E-state index in [9.17, 15) is 0 Å². The van der Waals surface area contributed by atoms with Gasteiger partial charge in [-0.3, -0.25) is 4.68 Å². The molecular weight excluding hydrogens is 372 g/mol. The molecule has 1 unspecified atom stereocenters. The van der Waals surface area contributed by atoms with E-state index in [2.05, 4.69) is 50.1 Å². The molecule has 4 heterocycles. The first-order chi connectivity index (χ1) is 13.6. The number of nitrogens with zero attached hydrogens (tertiary/aromatic N) is 6. The molecule has 28 heavy (non-hydrogen) atoms. The van der Waals surface area contributed by atoms with Crippen LogP contribution in [0.25, 0.3) is 16.6 Å². The van der Waals surface area contributed by atoms with Gasteiger partial charge in [-0.25, -0.2) is 4.68 Å². The van der Waals surface area contributed by atoms with Crippen LogP contribution in [0.4, 0.5) is 5.69 Å². The molecule has 1 aromatic carbocycles. The van der Waals surface area contributed by atoms with Crippen LogP contribution in [0.1, 0.15) is 31.7 Å². The van der Waals surface area contributed by atoms with Crippen molar-refractivity contribution in [3.8, 4) is 5.69 Å². The molecule has 6 rings (SSSR count). The first kappa shape index (κ1) is 16.9. The number of aromatic nitrogens is 4. The van der Waals surface area contributed by atoms with Gasteiger partial charge in [0.2, 0.25) is 0 Å². The summed E-state index contributed by atoms with van der Waals surface area (Å²) in [6.45, 7) is 4.57. The molecule has 2 aliphatic heterocycles. The number of anilines is 1. The maximum Gasteiger partial charge on any atom is 0.103 e. The summed E-state index contributed by atoms with van der Waals surface area (Å²) >= 11 is 6.71. The summed E-state index contributed by atoms with van der Waals surface area (Å²) in [6, 6.07) is 4.86. The third-order valence-corrected chi connectivity index (χ3v) is 7.10. The topological polar surface area (TPSA) is 42.1 Å². The third kappa shape index (κ3) is 2.65. The smallest absolute Gasteiger partial charge is 0.103 e. The molecule has 1 aliphatic carbocycles. The molecule has 6 nitrogen and oxygen atoms in total. The molecule has 1 spiro atoms. The lowest BCUT2D eigenvalue weighted by Crippen LogP contribution is -2.29. The summed E-state index contributed by atoms with van der Waals surface area (Å²) in [4.78, 5) is 4.94. The minimum absolute atomic E-state index is 0.429. The molecule has 2 saturated heterocycles. The number of rotatable bonds is 3. The van der Waals surface area contributed by atoms with Gasteiger partial charge in [0.15, 0.2) is 0 Å². The molecule has 2 aromatic heterocycles. The monoisotopic (exact) mass is 396 g/mol. The van der Waals surface area contributed by atoms with Crippen molar-refractivity contribution in [2.45, 2.75) is 31.7 Å². The van der Waals surface area contributed by atoms with E-state index in [4.69, 9.17) is 11.6 Å². The van der Waals surface area contributed by atoms with Crippen molar-refractivity contribution in [1.29, 1.82) is 0 Å². The van der Waals surface area contributed by atoms with Gasteiger partial charge in [0.05, 0.1) is 40.9 Å². The van der Waals surface area contributed by atoms with E-state index in [1.807, 2.05) is 17.1 Å². The third-order valence-electron chi connectivity index (χ3n) is 6.80. The second kappa shape index (κ2) is 5.97. The maximum atomic E-state index is 6.71. The Labute approximate surface area is 169 Å². The Morgan fingerprint density at radius 3 is 2.71 bits per heavy atom. The fourth-order valence-electron chi connectivity index (χ4n) is 5.09. The summed E-state index contributed by atoms with van der Waals surface area (Å²) in [5, 5.41) is 11.1. The highest BCUT2D eigenvalue weighted by molar-refractivity contribution is 6.34. The Hall–Kier alpha value is -2.05. The summed E-state index contributed by atoms with van der Waals surface area (Å²) in [6.07, 6.45) is 10.9. The predicted octanol–water partition coefficient (Wildman–Crippen LogP) is 3.74. The van der Waals surface area contributed by atoms with Crippen LogP contribution >= 0.6 is 11.6 Å². The van der Waals surface area contributed by atoms with E-state index < -0.39 is 0 Å². The zero-order valence-electron chi connectivity index (χ0n) is 16.2. The molecule has 146 valence electrons. The lowest BCUT2D eigenvalue weighted by molar-refractivity contribution is 0.312. The Morgan fingerprint density at radius 2 is 1.93 bits per heavy atom. The fraction of sp³-hybridized carbons (Fsp3) is 0.524. The van der Waals surface area contributed by atoms with Gasteiger partial charge in [-0.15, -0.1) is 0 Å². The standard InChI is InChI=1S/C21H25ClN6/c1-25-6-4-21(13-25)5-7-26(14-21)20-9-19-15(8-18(20)22)10-24-28(19)17-11-23-27(12-17)16-2-3-16/h8-12,16H,2-7,13-14H2,1H3. The lowest BCUT2D eigenvalue weighted by atomic mass is 9.86. The normalized spacial score (nSPS) is 25.6. The molecule has 3 aliphatic rings. The van der Waals surface area contributed by atoms with Crippen molar-refractivity contribution >= 4 is 28.2 Å². The van der Waals surface area contributed by atoms with Gasteiger partial charge in [-0.1, -0.05) is 11.6 Å². The highest BCUT2D eigenvalue weighted by Crippen LogP contribution is 2.43. The van der Waals surface area contributed by atoms with Crippen LogP contribution in [-0.2, 0) is 0 Å². The van der Waals surface area contributed by atoms with E-state index in [1.54, 1.807) is 0 Å². The predicted molar refractivity (Wildman–Crippen MR) is 112 cm³/mol. The number of halogens is 1. The van der Waals surface area contributed by atoms with Crippen LogP contribution in [0.5, 0.6) is 0 Å². The molecule has 0 bridgehead atoms. The maximum absolute atomic E-state index is 6.71. The lowest BCUT2D eigenvalue weighted by Gasteiger charge is -2.25. The van der Waals surface area contributed by atoms with Gasteiger partial charge in [-0.05, 0) is 51.4 Å². The summed E-state index contributed by atoms with van der Waals surface area (Å²) in [5.41, 5.74) is 3.68. The fourth-order valence-corrected chi connectivity index (χ4v) is 5.38. The molecule has 3 fully saturated rings. The van der Waals surface area contributed by atoms with Gasteiger partial charge in [-0.2, -0.15) is 10.2 Å². The van der Waals surface area contributed by atoms with Crippen molar-refractivity contribution in [3.63, 3.8) is 0 Å². The van der Waals surface area contributed by atoms with Gasteiger partial charge in [0.25, 0.3) is 0 Å². The Balaban J connectivity index is 1.36. The van der Waals surface area contributed by atoms with Gasteiger partial charge >= 0.3 is 0 Å². The second-order valence-corrected chi connectivity index (χ2v) is 9.40. The van der Waals surface area contributed by atoms with E-state index in [1.165, 1.54) is 38.8 Å². The van der Waals surface area contributed by atoms with E-state index in [0.717, 1.165) is 40.4 Å². The van der Waals surface area contributed by atoms with E-state index in [0.29, 0.717) is 11.5 Å². The Morgan fingerprint density at radius 1 is 1.07 bits per heavy atom. The van der Waals surface area contributed by atoms with Crippen molar-refractivity contribution in [2.75, 3.05) is 38.1 Å². The Kier molecular flexibility index (Phi) is 3.60. The highest BCUT2D eigenvalue weighted by Gasteiger charge is 2.42. The van der Waals surface area contributed by atoms with Crippen molar-refractivity contribution in [3.05, 3.63) is 35.7 Å². The van der Waals surface area contributed by atoms with E-state index >= 15 is 0 Å². The van der Waals surface area contributed by atoms with Crippen molar-refractivity contribution in [1.82, 2.24) is 24.5 Å². The summed E-state index contributed by atoms with van der Waals surface area (Å²) in [7, 11) is 2.23. The quantitative estimate of drug-likeness (QED) is 0.676. The number of fused-ring (bicyclic) bond motifs is 1. The van der Waals surface area contributed by atoms with Gasteiger partial charge in [0.1, 0.15) is 5.69 Å². The first-order valence-corrected chi connectivity index (χ1v) is 10.6. The molecule has 3 aromatic rings. The molecule has 0 N–H and O–H groups in total. The van der Waals surface area contributed by atoms with Crippen LogP contribution in [0, 0.1) is 5.41 Å².